The number of hydrogen-bond acceptors (Lipinski definition) is 3. The first-order chi connectivity index (χ1) is 12.6. The predicted octanol–water partition coefficient (Wildman–Crippen LogP) is 3.64. The van der Waals surface area contributed by atoms with Crippen molar-refractivity contribution in [3.63, 3.8) is 0 Å². The average molecular weight is 362 g/mol. The highest BCUT2D eigenvalue weighted by Gasteiger charge is 2.53. The third-order valence-corrected chi connectivity index (χ3v) is 6.63. The SMILES string of the molecule is CN1C(N=Cc2ccccc2)(c2ccccc2)c2ccccc2S1(=O)=O. The van der Waals surface area contributed by atoms with E-state index in [9.17, 15) is 8.42 Å². The molecule has 3 aromatic rings. The lowest BCUT2D eigenvalue weighted by Gasteiger charge is -2.32. The Morgan fingerprint density at radius 3 is 2.12 bits per heavy atom. The Morgan fingerprint density at radius 1 is 0.846 bits per heavy atom. The molecule has 26 heavy (non-hydrogen) atoms. The molecule has 1 aliphatic heterocycles. The highest BCUT2D eigenvalue weighted by Crippen LogP contribution is 2.48. The molecule has 1 aliphatic rings. The maximum atomic E-state index is 13.0. The van der Waals surface area contributed by atoms with Gasteiger partial charge in [-0.15, -0.1) is 0 Å². The molecule has 3 aromatic carbocycles. The van der Waals surface area contributed by atoms with Crippen LogP contribution in [0.5, 0.6) is 0 Å². The van der Waals surface area contributed by atoms with Crippen molar-refractivity contribution >= 4 is 16.2 Å². The Balaban J connectivity index is 2.01. The number of aliphatic imine (C=N–C) groups is 1. The topological polar surface area (TPSA) is 49.7 Å². The van der Waals surface area contributed by atoms with Crippen molar-refractivity contribution in [3.05, 3.63) is 102 Å². The molecule has 130 valence electrons. The maximum absolute atomic E-state index is 13.0. The first-order valence-corrected chi connectivity index (χ1v) is 9.75. The van der Waals surface area contributed by atoms with Gasteiger partial charge in [-0.3, -0.25) is 4.99 Å². The van der Waals surface area contributed by atoms with E-state index in [0.717, 1.165) is 11.1 Å². The van der Waals surface area contributed by atoms with Gasteiger partial charge in [-0.05, 0) is 17.2 Å². The quantitative estimate of drug-likeness (QED) is 0.668. The minimum absolute atomic E-state index is 0.302. The standard InChI is InChI=1S/C21H18N2O2S/c1-23-21(18-12-6-3-7-13-18,22-16-17-10-4-2-5-11-17)19-14-8-9-15-20(19)26(23,24)25/h2-16H,1H3. The molecule has 0 aliphatic carbocycles. The molecule has 0 aromatic heterocycles. The van der Waals surface area contributed by atoms with Crippen molar-refractivity contribution in [2.45, 2.75) is 10.6 Å². The van der Waals surface area contributed by atoms with E-state index in [1.165, 1.54) is 4.31 Å². The third kappa shape index (κ3) is 2.40. The fourth-order valence-corrected chi connectivity index (χ4v) is 5.04. The lowest BCUT2D eigenvalue weighted by atomic mass is 9.91. The van der Waals surface area contributed by atoms with Gasteiger partial charge < -0.3 is 0 Å². The third-order valence-electron chi connectivity index (χ3n) is 4.73. The summed E-state index contributed by atoms with van der Waals surface area (Å²) in [4.78, 5) is 5.14. The van der Waals surface area contributed by atoms with Gasteiger partial charge in [-0.1, -0.05) is 78.9 Å². The highest BCUT2D eigenvalue weighted by molar-refractivity contribution is 7.89. The summed E-state index contributed by atoms with van der Waals surface area (Å²) in [5.41, 5.74) is 1.27. The van der Waals surface area contributed by atoms with Crippen LogP contribution in [-0.2, 0) is 15.7 Å². The molecule has 0 amide bonds. The van der Waals surface area contributed by atoms with Gasteiger partial charge in [-0.25, -0.2) is 8.42 Å². The lowest BCUT2D eigenvalue weighted by molar-refractivity contribution is 0.301. The van der Waals surface area contributed by atoms with Crippen molar-refractivity contribution in [3.8, 4) is 0 Å². The van der Waals surface area contributed by atoms with Crippen molar-refractivity contribution < 1.29 is 8.42 Å². The van der Waals surface area contributed by atoms with E-state index in [1.54, 1.807) is 25.4 Å². The Kier molecular flexibility index (Phi) is 3.98. The first-order valence-electron chi connectivity index (χ1n) is 8.31. The Morgan fingerprint density at radius 2 is 1.42 bits per heavy atom. The van der Waals surface area contributed by atoms with Gasteiger partial charge in [0.05, 0.1) is 4.90 Å². The fourth-order valence-electron chi connectivity index (χ4n) is 3.41. The van der Waals surface area contributed by atoms with Crippen LogP contribution in [0.3, 0.4) is 0 Å². The summed E-state index contributed by atoms with van der Waals surface area (Å²) in [5, 5.41) is 0. The van der Waals surface area contributed by atoms with E-state index >= 15 is 0 Å². The second-order valence-electron chi connectivity index (χ2n) is 6.18. The second-order valence-corrected chi connectivity index (χ2v) is 8.11. The number of fused-ring (bicyclic) bond motifs is 1. The van der Waals surface area contributed by atoms with Crippen molar-refractivity contribution in [2.24, 2.45) is 4.99 Å². The van der Waals surface area contributed by atoms with Crippen LogP contribution in [0.15, 0.2) is 94.8 Å². The summed E-state index contributed by atoms with van der Waals surface area (Å²) in [7, 11) is -2.04. The van der Waals surface area contributed by atoms with E-state index in [0.29, 0.717) is 10.5 Å². The van der Waals surface area contributed by atoms with Gasteiger partial charge in [0.25, 0.3) is 0 Å². The Hall–Kier alpha value is -2.76. The minimum Gasteiger partial charge on any atom is -0.260 e. The van der Waals surface area contributed by atoms with Crippen LogP contribution < -0.4 is 0 Å². The van der Waals surface area contributed by atoms with Gasteiger partial charge in [0.2, 0.25) is 10.0 Å². The van der Waals surface area contributed by atoms with Gasteiger partial charge in [0, 0.05) is 18.8 Å². The van der Waals surface area contributed by atoms with E-state index in [2.05, 4.69) is 0 Å². The fraction of sp³-hybridized carbons (Fsp3) is 0.0952. The Labute approximate surface area is 153 Å². The van der Waals surface area contributed by atoms with Crippen LogP contribution >= 0.6 is 0 Å². The van der Waals surface area contributed by atoms with Gasteiger partial charge >= 0.3 is 0 Å². The van der Waals surface area contributed by atoms with Crippen molar-refractivity contribution in [1.82, 2.24) is 4.31 Å². The summed E-state index contributed by atoms with van der Waals surface area (Å²) in [5.74, 6) is 0. The molecule has 5 heteroatoms. The van der Waals surface area contributed by atoms with Crippen molar-refractivity contribution in [2.75, 3.05) is 7.05 Å². The van der Waals surface area contributed by atoms with Crippen LogP contribution in [-0.4, -0.2) is 26.0 Å². The molecule has 0 saturated heterocycles. The molecule has 0 N–H and O–H groups in total. The monoisotopic (exact) mass is 362 g/mol. The maximum Gasteiger partial charge on any atom is 0.245 e. The molecule has 0 spiro atoms. The van der Waals surface area contributed by atoms with Crippen LogP contribution in [0.4, 0.5) is 0 Å². The minimum atomic E-state index is -3.62. The van der Waals surface area contributed by atoms with E-state index in [1.807, 2.05) is 72.8 Å². The lowest BCUT2D eigenvalue weighted by Crippen LogP contribution is -2.40. The summed E-state index contributed by atoms with van der Waals surface area (Å²) in [6.07, 6.45) is 1.74. The number of rotatable bonds is 3. The van der Waals surface area contributed by atoms with Gasteiger partial charge in [0.15, 0.2) is 5.66 Å². The zero-order valence-corrected chi connectivity index (χ0v) is 15.1. The predicted molar refractivity (Wildman–Crippen MR) is 103 cm³/mol. The summed E-state index contributed by atoms with van der Waals surface area (Å²) >= 11 is 0. The normalized spacial score (nSPS) is 21.7. The van der Waals surface area contributed by atoms with E-state index in [-0.39, 0.29) is 0 Å². The van der Waals surface area contributed by atoms with E-state index in [4.69, 9.17) is 4.99 Å². The van der Waals surface area contributed by atoms with Gasteiger partial charge in [0.1, 0.15) is 0 Å². The molecule has 1 atom stereocenters. The molecule has 1 unspecified atom stereocenters. The van der Waals surface area contributed by atoms with E-state index < -0.39 is 15.7 Å². The summed E-state index contributed by atoms with van der Waals surface area (Å²) < 4.78 is 27.4. The summed E-state index contributed by atoms with van der Waals surface area (Å²) in [6, 6.07) is 26.3. The molecular weight excluding hydrogens is 344 g/mol. The molecule has 4 nitrogen and oxygen atoms in total. The van der Waals surface area contributed by atoms with Crippen molar-refractivity contribution in [1.29, 1.82) is 0 Å². The number of hydrogen-bond donors (Lipinski definition) is 0. The van der Waals surface area contributed by atoms with Crippen LogP contribution in [0, 0.1) is 0 Å². The largest absolute Gasteiger partial charge is 0.260 e. The molecule has 4 rings (SSSR count). The second kappa shape index (κ2) is 6.20. The zero-order valence-electron chi connectivity index (χ0n) is 14.3. The van der Waals surface area contributed by atoms with Crippen LogP contribution in [0.1, 0.15) is 16.7 Å². The van der Waals surface area contributed by atoms with Gasteiger partial charge in [-0.2, -0.15) is 4.31 Å². The van der Waals surface area contributed by atoms with Crippen LogP contribution in [0.2, 0.25) is 0 Å². The number of nitrogens with zero attached hydrogens (tertiary/aromatic N) is 2. The first kappa shape index (κ1) is 16.7. The molecule has 0 bridgehead atoms. The molecule has 0 fully saturated rings. The smallest absolute Gasteiger partial charge is 0.245 e. The Bertz CT molecular complexity index is 1060. The number of benzene rings is 3. The average Bonchev–Trinajstić information content (AvgIpc) is 2.87. The molecule has 0 saturated carbocycles. The molecule has 0 radical (unpaired) electrons. The summed E-state index contributed by atoms with van der Waals surface area (Å²) in [6.45, 7) is 0. The number of sulfonamides is 1. The molecule has 1 heterocycles. The highest BCUT2D eigenvalue weighted by atomic mass is 32.2. The van der Waals surface area contributed by atoms with Crippen LogP contribution in [0.25, 0.3) is 0 Å². The molecular formula is C21H18N2O2S. The zero-order chi connectivity index (χ0) is 18.2.